The van der Waals surface area contributed by atoms with Crippen LogP contribution in [0.5, 0.6) is 0 Å². The Morgan fingerprint density at radius 3 is 2.62 bits per heavy atom. The fraction of sp³-hybridized carbons (Fsp3) is 0.619. The van der Waals surface area contributed by atoms with Crippen LogP contribution in [0.3, 0.4) is 0 Å². The zero-order chi connectivity index (χ0) is 20.6. The molecule has 0 aromatic heterocycles. The molecule has 0 N–H and O–H groups in total. The minimum absolute atomic E-state index is 0.0617. The molecule has 1 amide bonds. The van der Waals surface area contributed by atoms with Crippen LogP contribution in [0.2, 0.25) is 0 Å². The van der Waals surface area contributed by atoms with Gasteiger partial charge in [0.1, 0.15) is 5.60 Å². The fourth-order valence-corrected chi connectivity index (χ4v) is 6.79. The van der Waals surface area contributed by atoms with Gasteiger partial charge in [0.25, 0.3) is 0 Å². The number of fused-ring (bicyclic) bond motifs is 1. The molecular formula is C21H23F3N2O3. The number of para-hydroxylation sites is 1. The van der Waals surface area contributed by atoms with E-state index in [1.165, 1.54) is 6.92 Å². The van der Waals surface area contributed by atoms with Gasteiger partial charge in [-0.2, -0.15) is 13.2 Å². The Morgan fingerprint density at radius 1 is 1.14 bits per heavy atom. The molecule has 8 heteroatoms. The highest BCUT2D eigenvalue weighted by Gasteiger charge is 2.70. The Bertz CT molecular complexity index is 888. The number of piperidine rings is 1. The maximum atomic E-state index is 13.1. The van der Waals surface area contributed by atoms with Crippen LogP contribution in [0.25, 0.3) is 0 Å². The summed E-state index contributed by atoms with van der Waals surface area (Å²) in [6.45, 7) is 3.04. The van der Waals surface area contributed by atoms with Gasteiger partial charge in [0.15, 0.2) is 0 Å². The standard InChI is InChI=1S/C21H23F3N2O3/c1-13(27)26-15-6-3-2-5-14(15)20-10-12-25-11-4-8-19(17(20)25,9-7-16(20)26)29-18(28)21(22,23)24/h2-3,5-6,16-17H,4,7-12H2,1H3. The lowest BCUT2D eigenvalue weighted by atomic mass is 9.57. The zero-order valence-electron chi connectivity index (χ0n) is 16.2. The van der Waals surface area contributed by atoms with Crippen molar-refractivity contribution in [3.05, 3.63) is 29.8 Å². The number of alkyl halides is 3. The van der Waals surface area contributed by atoms with Gasteiger partial charge in [0.2, 0.25) is 5.91 Å². The highest BCUT2D eigenvalue weighted by Crippen LogP contribution is 2.62. The number of hydrogen-bond acceptors (Lipinski definition) is 4. The van der Waals surface area contributed by atoms with Crippen LogP contribution in [0, 0.1) is 0 Å². The van der Waals surface area contributed by atoms with Crippen LogP contribution >= 0.6 is 0 Å². The molecule has 5 rings (SSSR count). The maximum absolute atomic E-state index is 13.1. The third kappa shape index (κ3) is 2.38. The van der Waals surface area contributed by atoms with Crippen LogP contribution in [-0.4, -0.2) is 53.7 Å². The third-order valence-corrected chi connectivity index (χ3v) is 7.49. The summed E-state index contributed by atoms with van der Waals surface area (Å²) in [5, 5.41) is 0. The number of carbonyl (C=O) groups is 2. The van der Waals surface area contributed by atoms with E-state index in [2.05, 4.69) is 4.90 Å². The van der Waals surface area contributed by atoms with E-state index in [9.17, 15) is 22.8 Å². The number of esters is 1. The molecule has 0 bridgehead atoms. The lowest BCUT2D eigenvalue weighted by Gasteiger charge is -2.57. The van der Waals surface area contributed by atoms with Crippen LogP contribution < -0.4 is 4.90 Å². The van der Waals surface area contributed by atoms with Crippen molar-refractivity contribution in [2.45, 2.75) is 68.3 Å². The maximum Gasteiger partial charge on any atom is 0.490 e. The van der Waals surface area contributed by atoms with Gasteiger partial charge in [-0.1, -0.05) is 18.2 Å². The van der Waals surface area contributed by atoms with Crippen molar-refractivity contribution >= 4 is 17.6 Å². The summed E-state index contributed by atoms with van der Waals surface area (Å²) < 4.78 is 44.6. The van der Waals surface area contributed by atoms with Gasteiger partial charge < -0.3 is 9.64 Å². The lowest BCUT2D eigenvalue weighted by molar-refractivity contribution is -0.229. The summed E-state index contributed by atoms with van der Waals surface area (Å²) in [5.41, 5.74) is 0.169. The van der Waals surface area contributed by atoms with Crippen molar-refractivity contribution in [3.8, 4) is 0 Å². The smallest absolute Gasteiger partial charge is 0.451 e. The van der Waals surface area contributed by atoms with Gasteiger partial charge in [-0.25, -0.2) is 4.79 Å². The Morgan fingerprint density at radius 2 is 1.90 bits per heavy atom. The summed E-state index contributed by atoms with van der Waals surface area (Å²) in [6.07, 6.45) is -2.30. The van der Waals surface area contributed by atoms with E-state index in [-0.39, 0.29) is 18.0 Å². The van der Waals surface area contributed by atoms with Crippen LogP contribution in [0.4, 0.5) is 18.9 Å². The minimum atomic E-state index is -5.02. The SMILES string of the molecule is CC(=O)N1c2ccccc2C23CCN4CCCC(OC(=O)C(F)(F)F)(CCC12)C43. The van der Waals surface area contributed by atoms with E-state index in [4.69, 9.17) is 4.74 Å². The Hall–Kier alpha value is -2.09. The second kappa shape index (κ2) is 5.97. The first-order valence-electron chi connectivity index (χ1n) is 10.1. The number of benzene rings is 1. The van der Waals surface area contributed by atoms with E-state index >= 15 is 0 Å². The second-order valence-corrected chi connectivity index (χ2v) is 8.75. The molecule has 3 fully saturated rings. The van der Waals surface area contributed by atoms with Gasteiger partial charge in [0, 0.05) is 24.1 Å². The molecule has 1 saturated carbocycles. The highest BCUT2D eigenvalue weighted by molar-refractivity contribution is 5.96. The zero-order valence-corrected chi connectivity index (χ0v) is 16.2. The number of rotatable bonds is 1. The van der Waals surface area contributed by atoms with Crippen molar-refractivity contribution in [2.24, 2.45) is 0 Å². The third-order valence-electron chi connectivity index (χ3n) is 7.49. The van der Waals surface area contributed by atoms with Crippen molar-refractivity contribution in [1.82, 2.24) is 4.90 Å². The molecule has 5 nitrogen and oxygen atoms in total. The average Bonchev–Trinajstić information content (AvgIpc) is 3.19. The van der Waals surface area contributed by atoms with Gasteiger partial charge in [-0.05, 0) is 56.8 Å². The summed E-state index contributed by atoms with van der Waals surface area (Å²) in [4.78, 5) is 28.5. The quantitative estimate of drug-likeness (QED) is 0.670. The molecule has 4 unspecified atom stereocenters. The number of anilines is 1. The predicted molar refractivity (Wildman–Crippen MR) is 98.4 cm³/mol. The second-order valence-electron chi connectivity index (χ2n) is 8.75. The molecule has 1 aromatic rings. The number of nitrogens with zero attached hydrogens (tertiary/aromatic N) is 2. The number of ether oxygens (including phenoxy) is 1. The largest absolute Gasteiger partial charge is 0.490 e. The summed E-state index contributed by atoms with van der Waals surface area (Å²) in [6, 6.07) is 7.23. The first-order chi connectivity index (χ1) is 13.7. The van der Waals surface area contributed by atoms with Gasteiger partial charge in [-0.3, -0.25) is 9.69 Å². The van der Waals surface area contributed by atoms with Crippen molar-refractivity contribution in [1.29, 1.82) is 0 Å². The molecule has 3 heterocycles. The average molecular weight is 408 g/mol. The summed E-state index contributed by atoms with van der Waals surface area (Å²) in [7, 11) is 0. The van der Waals surface area contributed by atoms with E-state index in [0.29, 0.717) is 25.7 Å². The van der Waals surface area contributed by atoms with Crippen LogP contribution in [0.1, 0.15) is 44.6 Å². The molecule has 1 aromatic carbocycles. The molecule has 3 aliphatic heterocycles. The Labute approximate surface area is 166 Å². The van der Waals surface area contributed by atoms with Crippen molar-refractivity contribution in [3.63, 3.8) is 0 Å². The first kappa shape index (κ1) is 18.9. The van der Waals surface area contributed by atoms with Crippen LogP contribution in [0.15, 0.2) is 24.3 Å². The van der Waals surface area contributed by atoms with E-state index in [0.717, 1.165) is 30.8 Å². The Kier molecular flexibility index (Phi) is 3.89. The molecule has 0 radical (unpaired) electrons. The summed E-state index contributed by atoms with van der Waals surface area (Å²) >= 11 is 0. The predicted octanol–water partition coefficient (Wildman–Crippen LogP) is 3.17. The number of amides is 1. The van der Waals surface area contributed by atoms with Crippen LogP contribution in [-0.2, 0) is 19.7 Å². The van der Waals surface area contributed by atoms with Gasteiger partial charge in [0.05, 0.1) is 6.04 Å². The number of halogens is 3. The monoisotopic (exact) mass is 408 g/mol. The van der Waals surface area contributed by atoms with E-state index in [1.807, 2.05) is 29.2 Å². The number of carbonyl (C=O) groups excluding carboxylic acids is 2. The molecule has 1 spiro atoms. The molecule has 156 valence electrons. The molecule has 4 atom stereocenters. The number of hydrogen-bond donors (Lipinski definition) is 0. The molecule has 29 heavy (non-hydrogen) atoms. The lowest BCUT2D eigenvalue weighted by Crippen LogP contribution is -2.69. The van der Waals surface area contributed by atoms with Gasteiger partial charge in [-0.15, -0.1) is 0 Å². The summed E-state index contributed by atoms with van der Waals surface area (Å²) in [5.74, 6) is -2.16. The normalized spacial score (nSPS) is 35.7. The minimum Gasteiger partial charge on any atom is -0.451 e. The topological polar surface area (TPSA) is 49.9 Å². The molecule has 1 aliphatic carbocycles. The fourth-order valence-electron chi connectivity index (χ4n) is 6.79. The van der Waals surface area contributed by atoms with E-state index < -0.39 is 23.2 Å². The highest BCUT2D eigenvalue weighted by atomic mass is 19.4. The van der Waals surface area contributed by atoms with Crippen molar-refractivity contribution < 1.29 is 27.5 Å². The molecular weight excluding hydrogens is 385 g/mol. The first-order valence-corrected chi connectivity index (χ1v) is 10.1. The molecule has 4 aliphatic rings. The van der Waals surface area contributed by atoms with Gasteiger partial charge >= 0.3 is 12.1 Å². The van der Waals surface area contributed by atoms with Crippen molar-refractivity contribution in [2.75, 3.05) is 18.0 Å². The Balaban J connectivity index is 1.66. The molecule has 2 saturated heterocycles. The van der Waals surface area contributed by atoms with E-state index in [1.54, 1.807) is 0 Å².